The van der Waals surface area contributed by atoms with E-state index in [1.165, 1.54) is 64.7 Å². The average Bonchev–Trinajstić information content (AvgIpc) is 3.74. The van der Waals surface area contributed by atoms with Gasteiger partial charge in [0, 0.05) is 31.7 Å². The van der Waals surface area contributed by atoms with E-state index >= 15 is 0 Å². The van der Waals surface area contributed by atoms with Crippen LogP contribution in [-0.2, 0) is 5.41 Å². The molecular weight excluding hydrogens is 649 g/mol. The zero-order valence-electron chi connectivity index (χ0n) is 29.0. The van der Waals surface area contributed by atoms with E-state index in [1.807, 2.05) is 29.5 Å². The Hall–Kier alpha value is -6.16. The van der Waals surface area contributed by atoms with Crippen molar-refractivity contribution in [2.45, 2.75) is 19.3 Å². The first-order valence-corrected chi connectivity index (χ1v) is 18.6. The molecule has 0 unspecified atom stereocenters. The third-order valence-electron chi connectivity index (χ3n) is 10.7. The molecule has 2 aromatic heterocycles. The highest BCUT2D eigenvalue weighted by Gasteiger charge is 2.37. The van der Waals surface area contributed by atoms with E-state index in [0.717, 1.165) is 33.9 Å². The highest BCUT2D eigenvalue weighted by atomic mass is 32.1. The van der Waals surface area contributed by atoms with Gasteiger partial charge in [-0.05, 0) is 85.4 Å². The molecule has 0 spiro atoms. The molecule has 3 heteroatoms. The summed E-state index contributed by atoms with van der Waals surface area (Å²) in [4.78, 5) is 11.5. The van der Waals surface area contributed by atoms with Gasteiger partial charge >= 0.3 is 0 Å². The maximum absolute atomic E-state index is 5.12. The Kier molecular flexibility index (Phi) is 7.06. The smallest absolute Gasteiger partial charge is 0.160 e. The van der Waals surface area contributed by atoms with Gasteiger partial charge < -0.3 is 0 Å². The summed E-state index contributed by atoms with van der Waals surface area (Å²) in [6.45, 7) is 4.71. The molecule has 0 N–H and O–H groups in total. The first kappa shape index (κ1) is 30.6. The topological polar surface area (TPSA) is 25.8 Å². The molecule has 1 aliphatic carbocycles. The van der Waals surface area contributed by atoms with Crippen molar-refractivity contribution in [3.05, 3.63) is 181 Å². The van der Waals surface area contributed by atoms with Gasteiger partial charge in [0.15, 0.2) is 5.82 Å². The first-order valence-electron chi connectivity index (χ1n) is 17.8. The molecule has 1 aliphatic rings. The first-order chi connectivity index (χ1) is 25.5. The Morgan fingerprint density at radius 1 is 0.423 bits per heavy atom. The van der Waals surface area contributed by atoms with Crippen molar-refractivity contribution in [1.29, 1.82) is 0 Å². The summed E-state index contributed by atoms with van der Waals surface area (Å²) in [6, 6.07) is 61.2. The van der Waals surface area contributed by atoms with Crippen LogP contribution in [0.2, 0.25) is 0 Å². The molecule has 0 radical (unpaired) electrons. The molecular formula is C49H34N2S. The summed E-state index contributed by atoms with van der Waals surface area (Å²) in [5, 5.41) is 3.85. The predicted octanol–water partition coefficient (Wildman–Crippen LogP) is 13.5. The lowest BCUT2D eigenvalue weighted by Crippen LogP contribution is -2.14. The highest BCUT2D eigenvalue weighted by molar-refractivity contribution is 7.22. The highest BCUT2D eigenvalue weighted by Crippen LogP contribution is 2.53. The van der Waals surface area contributed by atoms with Crippen molar-refractivity contribution in [2.75, 3.05) is 0 Å². The number of thiophene rings is 1. The van der Waals surface area contributed by atoms with Gasteiger partial charge in [-0.2, -0.15) is 0 Å². The summed E-state index contributed by atoms with van der Waals surface area (Å²) in [6.07, 6.45) is 0. The SMILES string of the molecule is CC1(C)c2cc3ccccc3cc2-c2c(-c3ccc(-c4cc(-c5ccc(-c6cc7ccccc7s6)cc5)nc(-c5ccccc5)n4)cc3)cccc21. The fourth-order valence-electron chi connectivity index (χ4n) is 7.92. The molecule has 0 amide bonds. The van der Waals surface area contributed by atoms with E-state index in [4.69, 9.17) is 9.97 Å². The fourth-order valence-corrected chi connectivity index (χ4v) is 8.99. The maximum Gasteiger partial charge on any atom is 0.160 e. The summed E-state index contributed by atoms with van der Waals surface area (Å²) in [7, 11) is 0. The van der Waals surface area contributed by atoms with Gasteiger partial charge in [0.2, 0.25) is 0 Å². The molecule has 0 fully saturated rings. The van der Waals surface area contributed by atoms with Crippen LogP contribution in [0.15, 0.2) is 170 Å². The van der Waals surface area contributed by atoms with Gasteiger partial charge in [-0.1, -0.05) is 153 Å². The Morgan fingerprint density at radius 2 is 1.02 bits per heavy atom. The van der Waals surface area contributed by atoms with Gasteiger partial charge in [0.05, 0.1) is 11.4 Å². The molecule has 0 bridgehead atoms. The van der Waals surface area contributed by atoms with Crippen LogP contribution >= 0.6 is 11.3 Å². The third kappa shape index (κ3) is 5.08. The second-order valence-corrected chi connectivity index (χ2v) is 15.3. The second-order valence-electron chi connectivity index (χ2n) is 14.2. The lowest BCUT2D eigenvalue weighted by atomic mass is 9.81. The van der Waals surface area contributed by atoms with Crippen molar-refractivity contribution in [3.8, 4) is 66.6 Å². The van der Waals surface area contributed by atoms with Crippen LogP contribution in [0.1, 0.15) is 25.0 Å². The predicted molar refractivity (Wildman–Crippen MR) is 220 cm³/mol. The summed E-state index contributed by atoms with van der Waals surface area (Å²) < 4.78 is 1.31. The maximum atomic E-state index is 5.12. The van der Waals surface area contributed by atoms with E-state index in [2.05, 4.69) is 166 Å². The molecule has 2 heterocycles. The van der Waals surface area contributed by atoms with Crippen LogP contribution in [0.3, 0.4) is 0 Å². The van der Waals surface area contributed by atoms with Crippen LogP contribution in [-0.4, -0.2) is 9.97 Å². The molecule has 0 saturated heterocycles. The number of nitrogens with zero attached hydrogens (tertiary/aromatic N) is 2. The van der Waals surface area contributed by atoms with E-state index in [9.17, 15) is 0 Å². The number of aromatic nitrogens is 2. The summed E-state index contributed by atoms with van der Waals surface area (Å²) in [5.41, 5.74) is 14.0. The Morgan fingerprint density at radius 3 is 1.71 bits per heavy atom. The summed E-state index contributed by atoms with van der Waals surface area (Å²) >= 11 is 1.83. The molecule has 0 aliphatic heterocycles. The van der Waals surface area contributed by atoms with Gasteiger partial charge in [-0.3, -0.25) is 0 Å². The van der Waals surface area contributed by atoms with Crippen molar-refractivity contribution in [3.63, 3.8) is 0 Å². The van der Waals surface area contributed by atoms with E-state index in [0.29, 0.717) is 0 Å². The Bertz CT molecular complexity index is 2760. The number of rotatable bonds is 5. The van der Waals surface area contributed by atoms with Gasteiger partial charge in [0.1, 0.15) is 0 Å². The van der Waals surface area contributed by atoms with Crippen LogP contribution in [0, 0.1) is 0 Å². The van der Waals surface area contributed by atoms with Crippen LogP contribution in [0.25, 0.3) is 87.5 Å². The number of hydrogen-bond donors (Lipinski definition) is 0. The monoisotopic (exact) mass is 682 g/mol. The second kappa shape index (κ2) is 12.0. The Balaban J connectivity index is 1.04. The van der Waals surface area contributed by atoms with E-state index in [1.54, 1.807) is 0 Å². The fraction of sp³-hybridized carbons (Fsp3) is 0.0612. The molecule has 10 rings (SSSR count). The lowest BCUT2D eigenvalue weighted by Gasteiger charge is -2.22. The zero-order chi connectivity index (χ0) is 34.8. The number of fused-ring (bicyclic) bond motifs is 5. The largest absolute Gasteiger partial charge is 0.228 e. The van der Waals surface area contributed by atoms with Crippen LogP contribution in [0.5, 0.6) is 0 Å². The molecule has 0 saturated carbocycles. The Labute approximate surface area is 307 Å². The molecule has 9 aromatic rings. The standard InChI is InChI=1S/C49H34N2S/c1-49(2)41-17-10-16-39(47(41)40-27-36-13-6-7-14-37(36)28-42(40)49)31-19-21-32(22-20-31)43-30-44(51-48(50-43)35-11-4-3-5-12-35)33-23-25-34(26-24-33)46-29-38-15-8-9-18-45(38)52-46/h3-30H,1-2H3. The summed E-state index contributed by atoms with van der Waals surface area (Å²) in [5.74, 6) is 0.720. The van der Waals surface area contributed by atoms with E-state index in [-0.39, 0.29) is 5.41 Å². The molecule has 52 heavy (non-hydrogen) atoms. The minimum atomic E-state index is -0.0775. The van der Waals surface area contributed by atoms with Crippen LogP contribution in [0.4, 0.5) is 0 Å². The number of hydrogen-bond acceptors (Lipinski definition) is 3. The molecule has 0 atom stereocenters. The van der Waals surface area contributed by atoms with Gasteiger partial charge in [-0.25, -0.2) is 9.97 Å². The zero-order valence-corrected chi connectivity index (χ0v) is 29.8. The van der Waals surface area contributed by atoms with Gasteiger partial charge in [0.25, 0.3) is 0 Å². The van der Waals surface area contributed by atoms with Crippen molar-refractivity contribution in [1.82, 2.24) is 9.97 Å². The van der Waals surface area contributed by atoms with E-state index < -0.39 is 0 Å². The normalized spacial score (nSPS) is 13.0. The van der Waals surface area contributed by atoms with Crippen molar-refractivity contribution in [2.24, 2.45) is 0 Å². The van der Waals surface area contributed by atoms with Crippen molar-refractivity contribution < 1.29 is 0 Å². The molecule has 7 aromatic carbocycles. The quantitative estimate of drug-likeness (QED) is 0.181. The van der Waals surface area contributed by atoms with Gasteiger partial charge in [-0.15, -0.1) is 11.3 Å². The molecule has 246 valence electrons. The lowest BCUT2D eigenvalue weighted by molar-refractivity contribution is 0.661. The third-order valence-corrected chi connectivity index (χ3v) is 11.9. The molecule has 2 nitrogen and oxygen atoms in total. The average molecular weight is 683 g/mol. The number of benzene rings is 7. The van der Waals surface area contributed by atoms with Crippen LogP contribution < -0.4 is 0 Å². The van der Waals surface area contributed by atoms with Crippen molar-refractivity contribution >= 4 is 32.2 Å². The minimum absolute atomic E-state index is 0.0775. The minimum Gasteiger partial charge on any atom is -0.228 e.